The number of hydrogen-bond donors (Lipinski definition) is 2. The zero-order valence-electron chi connectivity index (χ0n) is 16.7. The zero-order chi connectivity index (χ0) is 20.2. The van der Waals surface area contributed by atoms with Gasteiger partial charge in [-0.15, -0.1) is 0 Å². The summed E-state index contributed by atoms with van der Waals surface area (Å²) in [5.74, 6) is -1.02. The first kappa shape index (κ1) is 20.9. The summed E-state index contributed by atoms with van der Waals surface area (Å²) in [5.41, 5.74) is 0.458. The van der Waals surface area contributed by atoms with E-state index in [2.05, 4.69) is 10.6 Å². The number of nitrogens with zero attached hydrogens (tertiary/aromatic N) is 1. The number of rotatable bonds is 6. The van der Waals surface area contributed by atoms with Crippen LogP contribution in [0, 0.1) is 5.92 Å². The third-order valence-corrected chi connectivity index (χ3v) is 4.39. The number of hydrogen-bond acceptors (Lipinski definition) is 4. The quantitative estimate of drug-likeness (QED) is 0.796. The first-order chi connectivity index (χ1) is 12.6. The van der Waals surface area contributed by atoms with Crippen LogP contribution in [0.1, 0.15) is 44.5 Å². The van der Waals surface area contributed by atoms with Gasteiger partial charge in [0.1, 0.15) is 0 Å². The Morgan fingerprint density at radius 3 is 2.59 bits per heavy atom. The average Bonchev–Trinajstić information content (AvgIpc) is 2.96. The summed E-state index contributed by atoms with van der Waals surface area (Å²) in [4.78, 5) is 39.1. The molecule has 1 aromatic carbocycles. The molecular formula is C20H29N3O4. The highest BCUT2D eigenvalue weighted by molar-refractivity contribution is 6.05. The van der Waals surface area contributed by atoms with Crippen LogP contribution < -0.4 is 10.6 Å². The van der Waals surface area contributed by atoms with Crippen LogP contribution in [-0.2, 0) is 14.3 Å². The van der Waals surface area contributed by atoms with Gasteiger partial charge in [-0.2, -0.15) is 0 Å². The number of benzene rings is 1. The Labute approximate surface area is 160 Å². The summed E-state index contributed by atoms with van der Waals surface area (Å²) in [6.45, 7) is 8.36. The van der Waals surface area contributed by atoms with Crippen LogP contribution in [0.4, 0.5) is 5.69 Å². The van der Waals surface area contributed by atoms with Gasteiger partial charge in [-0.05, 0) is 39.8 Å². The Balaban J connectivity index is 2.09. The van der Waals surface area contributed by atoms with Crippen molar-refractivity contribution in [3.8, 4) is 0 Å². The number of nitrogens with one attached hydrogen (secondary N) is 2. The standard InChI is InChI=1S/C20H29N3O4/c1-13(12-27-5)23-11-14(10-17(23)24)18(25)21-16-9-7-6-8-15(16)19(26)22-20(2,3)4/h6-9,13-14H,10-12H2,1-5H3,(H,21,25)(H,22,26)/t13-,14+/m0/s1. The molecule has 0 bridgehead atoms. The van der Waals surface area contributed by atoms with Crippen molar-refractivity contribution in [2.24, 2.45) is 5.92 Å². The Hall–Kier alpha value is -2.41. The summed E-state index contributed by atoms with van der Waals surface area (Å²) in [6.07, 6.45) is 0.163. The fourth-order valence-corrected chi connectivity index (χ4v) is 3.10. The van der Waals surface area contributed by atoms with Gasteiger partial charge in [-0.3, -0.25) is 14.4 Å². The van der Waals surface area contributed by atoms with E-state index >= 15 is 0 Å². The first-order valence-corrected chi connectivity index (χ1v) is 9.13. The highest BCUT2D eigenvalue weighted by atomic mass is 16.5. The second-order valence-electron chi connectivity index (χ2n) is 7.99. The molecule has 1 aliphatic rings. The highest BCUT2D eigenvalue weighted by Gasteiger charge is 2.36. The van der Waals surface area contributed by atoms with Crippen molar-refractivity contribution < 1.29 is 19.1 Å². The van der Waals surface area contributed by atoms with E-state index in [9.17, 15) is 14.4 Å². The molecule has 27 heavy (non-hydrogen) atoms. The molecule has 0 radical (unpaired) electrons. The van der Waals surface area contributed by atoms with Crippen molar-refractivity contribution in [2.75, 3.05) is 25.6 Å². The maximum Gasteiger partial charge on any atom is 0.253 e. The lowest BCUT2D eigenvalue weighted by molar-refractivity contribution is -0.130. The molecule has 7 nitrogen and oxygen atoms in total. The van der Waals surface area contributed by atoms with E-state index in [4.69, 9.17) is 4.74 Å². The van der Waals surface area contributed by atoms with Crippen LogP contribution in [0.2, 0.25) is 0 Å². The van der Waals surface area contributed by atoms with E-state index in [1.807, 2.05) is 27.7 Å². The highest BCUT2D eigenvalue weighted by Crippen LogP contribution is 2.23. The maximum absolute atomic E-state index is 12.7. The summed E-state index contributed by atoms with van der Waals surface area (Å²) in [6, 6.07) is 6.79. The van der Waals surface area contributed by atoms with Gasteiger partial charge in [0.25, 0.3) is 5.91 Å². The molecule has 1 saturated heterocycles. The normalized spacial score (nSPS) is 18.3. The van der Waals surface area contributed by atoms with Gasteiger partial charge >= 0.3 is 0 Å². The monoisotopic (exact) mass is 375 g/mol. The summed E-state index contributed by atoms with van der Waals surface area (Å²) < 4.78 is 5.10. The van der Waals surface area contributed by atoms with Crippen LogP contribution in [0.25, 0.3) is 0 Å². The zero-order valence-corrected chi connectivity index (χ0v) is 16.7. The van der Waals surface area contributed by atoms with Crippen molar-refractivity contribution in [2.45, 2.75) is 45.7 Å². The van der Waals surface area contributed by atoms with Crippen molar-refractivity contribution in [1.82, 2.24) is 10.2 Å². The molecule has 1 aromatic rings. The number of carbonyl (C=O) groups excluding carboxylic acids is 3. The van der Waals surface area contributed by atoms with Crippen molar-refractivity contribution in [3.05, 3.63) is 29.8 Å². The molecule has 7 heteroatoms. The van der Waals surface area contributed by atoms with Gasteiger partial charge in [0.2, 0.25) is 11.8 Å². The van der Waals surface area contributed by atoms with Crippen LogP contribution in [0.5, 0.6) is 0 Å². The van der Waals surface area contributed by atoms with Crippen molar-refractivity contribution in [3.63, 3.8) is 0 Å². The summed E-state index contributed by atoms with van der Waals surface area (Å²) in [5, 5.41) is 5.72. The third kappa shape index (κ3) is 5.53. The smallest absolute Gasteiger partial charge is 0.253 e. The molecule has 2 atom stereocenters. The van der Waals surface area contributed by atoms with E-state index in [1.165, 1.54) is 0 Å². The fraction of sp³-hybridized carbons (Fsp3) is 0.550. The minimum atomic E-state index is -0.449. The minimum absolute atomic E-state index is 0.0570. The Morgan fingerprint density at radius 1 is 1.30 bits per heavy atom. The Bertz CT molecular complexity index is 711. The molecule has 0 spiro atoms. The lowest BCUT2D eigenvalue weighted by atomic mass is 10.1. The molecule has 3 amide bonds. The number of methoxy groups -OCH3 is 1. The van der Waals surface area contributed by atoms with E-state index < -0.39 is 5.92 Å². The van der Waals surface area contributed by atoms with Crippen molar-refractivity contribution >= 4 is 23.4 Å². The number of anilines is 1. The molecule has 1 fully saturated rings. The molecule has 2 rings (SSSR count). The van der Waals surface area contributed by atoms with Crippen LogP contribution >= 0.6 is 0 Å². The number of para-hydroxylation sites is 1. The van der Waals surface area contributed by atoms with E-state index in [0.29, 0.717) is 24.4 Å². The van der Waals surface area contributed by atoms with Crippen molar-refractivity contribution in [1.29, 1.82) is 0 Å². The predicted molar refractivity (Wildman–Crippen MR) is 103 cm³/mol. The Morgan fingerprint density at radius 2 is 1.96 bits per heavy atom. The molecule has 148 valence electrons. The van der Waals surface area contributed by atoms with E-state index in [-0.39, 0.29) is 35.7 Å². The van der Waals surface area contributed by atoms with Gasteiger partial charge < -0.3 is 20.3 Å². The van der Waals surface area contributed by atoms with Crippen LogP contribution in [-0.4, -0.2) is 54.5 Å². The molecule has 1 heterocycles. The SMILES string of the molecule is COC[C@H](C)N1C[C@H](C(=O)Nc2ccccc2C(=O)NC(C)(C)C)CC1=O. The third-order valence-electron chi connectivity index (χ3n) is 4.39. The Kier molecular flexibility index (Phi) is 6.59. The lowest BCUT2D eigenvalue weighted by Gasteiger charge is -2.24. The summed E-state index contributed by atoms with van der Waals surface area (Å²) in [7, 11) is 1.58. The molecule has 0 aromatic heterocycles. The van der Waals surface area contributed by atoms with Crippen LogP contribution in [0.3, 0.4) is 0 Å². The minimum Gasteiger partial charge on any atom is -0.383 e. The molecule has 0 aliphatic carbocycles. The van der Waals surface area contributed by atoms with Gasteiger partial charge in [0, 0.05) is 25.6 Å². The molecule has 2 N–H and O–H groups in total. The molecule has 1 aliphatic heterocycles. The number of likely N-dealkylation sites (tertiary alicyclic amines) is 1. The van der Waals surface area contributed by atoms with E-state index in [0.717, 1.165) is 0 Å². The van der Waals surface area contributed by atoms with Gasteiger partial charge in [0.15, 0.2) is 0 Å². The number of ether oxygens (including phenoxy) is 1. The fourth-order valence-electron chi connectivity index (χ4n) is 3.10. The lowest BCUT2D eigenvalue weighted by Crippen LogP contribution is -2.41. The van der Waals surface area contributed by atoms with Gasteiger partial charge in [0.05, 0.1) is 29.8 Å². The van der Waals surface area contributed by atoms with Crippen LogP contribution in [0.15, 0.2) is 24.3 Å². The largest absolute Gasteiger partial charge is 0.383 e. The summed E-state index contributed by atoms with van der Waals surface area (Å²) >= 11 is 0. The molecule has 0 saturated carbocycles. The second-order valence-corrected chi connectivity index (χ2v) is 7.99. The first-order valence-electron chi connectivity index (χ1n) is 9.13. The predicted octanol–water partition coefficient (Wildman–Crippen LogP) is 2.04. The van der Waals surface area contributed by atoms with Gasteiger partial charge in [-0.25, -0.2) is 0 Å². The molecule has 0 unspecified atom stereocenters. The number of amides is 3. The van der Waals surface area contributed by atoms with Gasteiger partial charge in [-0.1, -0.05) is 12.1 Å². The topological polar surface area (TPSA) is 87.7 Å². The second kappa shape index (κ2) is 8.52. The average molecular weight is 375 g/mol. The van der Waals surface area contributed by atoms with E-state index in [1.54, 1.807) is 36.3 Å². The molecular weight excluding hydrogens is 346 g/mol. The number of carbonyl (C=O) groups is 3. The maximum atomic E-state index is 12.7.